The zero-order valence-corrected chi connectivity index (χ0v) is 7.98. The van der Waals surface area contributed by atoms with Crippen LogP contribution in [0.5, 0.6) is 0 Å². The fraction of sp³-hybridized carbons (Fsp3) is 0.111. The van der Waals surface area contributed by atoms with E-state index < -0.39 is 0 Å². The summed E-state index contributed by atoms with van der Waals surface area (Å²) in [4.78, 5) is 2.13. The molecule has 0 saturated heterocycles. The van der Waals surface area contributed by atoms with Crippen LogP contribution in [0.3, 0.4) is 0 Å². The number of halogens is 1. The number of para-hydroxylation sites is 1. The standard InChI is InChI=1S/C9H8ClNS/c10-8-3-1-2-4-9(8)11-5-6-12-7-11/h1-6H,7H2. The Morgan fingerprint density at radius 2 is 2.17 bits per heavy atom. The van der Waals surface area contributed by atoms with Crippen LogP contribution in [-0.2, 0) is 0 Å². The van der Waals surface area contributed by atoms with Gasteiger partial charge in [-0.3, -0.25) is 0 Å². The molecule has 1 heterocycles. The Hall–Kier alpha value is -0.600. The van der Waals surface area contributed by atoms with Crippen LogP contribution in [0.1, 0.15) is 0 Å². The minimum absolute atomic E-state index is 0.810. The van der Waals surface area contributed by atoms with E-state index in [1.54, 1.807) is 11.8 Å². The molecule has 0 unspecified atom stereocenters. The maximum absolute atomic E-state index is 6.02. The van der Waals surface area contributed by atoms with Crippen molar-refractivity contribution in [3.8, 4) is 0 Å². The lowest BCUT2D eigenvalue weighted by Crippen LogP contribution is -2.10. The van der Waals surface area contributed by atoms with Crippen molar-refractivity contribution in [2.24, 2.45) is 0 Å². The third-order valence-electron chi connectivity index (χ3n) is 1.71. The lowest BCUT2D eigenvalue weighted by Gasteiger charge is -2.15. The predicted molar refractivity (Wildman–Crippen MR) is 55.5 cm³/mol. The van der Waals surface area contributed by atoms with Gasteiger partial charge in [-0.25, -0.2) is 0 Å². The quantitative estimate of drug-likeness (QED) is 0.680. The van der Waals surface area contributed by atoms with Crippen LogP contribution >= 0.6 is 23.4 Å². The summed E-state index contributed by atoms with van der Waals surface area (Å²) in [5, 5.41) is 2.88. The second-order valence-corrected chi connectivity index (χ2v) is 3.77. The highest BCUT2D eigenvalue weighted by Gasteiger charge is 2.09. The van der Waals surface area contributed by atoms with Gasteiger partial charge in [0.05, 0.1) is 16.6 Å². The molecule has 0 N–H and O–H groups in total. The summed E-state index contributed by atoms with van der Waals surface area (Å²) in [5.74, 6) is 0.962. The summed E-state index contributed by atoms with van der Waals surface area (Å²) < 4.78 is 0. The number of nitrogens with zero attached hydrogens (tertiary/aromatic N) is 1. The molecule has 1 nitrogen and oxygen atoms in total. The van der Waals surface area contributed by atoms with E-state index in [2.05, 4.69) is 10.3 Å². The summed E-state index contributed by atoms with van der Waals surface area (Å²) in [6.07, 6.45) is 2.05. The Balaban J connectivity index is 2.33. The average molecular weight is 198 g/mol. The first-order chi connectivity index (χ1) is 5.88. The highest BCUT2D eigenvalue weighted by molar-refractivity contribution is 8.02. The van der Waals surface area contributed by atoms with E-state index >= 15 is 0 Å². The molecule has 62 valence electrons. The zero-order chi connectivity index (χ0) is 8.39. The zero-order valence-electron chi connectivity index (χ0n) is 6.40. The molecule has 0 aromatic heterocycles. The molecule has 0 fully saturated rings. The van der Waals surface area contributed by atoms with Crippen LogP contribution in [0, 0.1) is 0 Å². The molecule has 0 radical (unpaired) electrons. The Bertz CT molecular complexity index is 311. The lowest BCUT2D eigenvalue weighted by molar-refractivity contribution is 1.19. The molecule has 0 aliphatic carbocycles. The second-order valence-electron chi connectivity index (χ2n) is 2.50. The molecule has 0 bridgehead atoms. The monoisotopic (exact) mass is 197 g/mol. The van der Waals surface area contributed by atoms with Gasteiger partial charge in [0.25, 0.3) is 0 Å². The highest BCUT2D eigenvalue weighted by atomic mass is 35.5. The molecule has 3 heteroatoms. The third kappa shape index (κ3) is 1.45. The number of thioether (sulfide) groups is 1. The molecular formula is C9H8ClNS. The Morgan fingerprint density at radius 1 is 1.33 bits per heavy atom. The topological polar surface area (TPSA) is 3.24 Å². The van der Waals surface area contributed by atoms with E-state index in [4.69, 9.17) is 11.6 Å². The maximum Gasteiger partial charge on any atom is 0.0724 e. The lowest BCUT2D eigenvalue weighted by atomic mass is 10.3. The number of anilines is 1. The van der Waals surface area contributed by atoms with Crippen molar-refractivity contribution in [3.05, 3.63) is 40.9 Å². The first-order valence-corrected chi connectivity index (χ1v) is 5.10. The molecule has 0 atom stereocenters. The fourth-order valence-corrected chi connectivity index (χ4v) is 2.07. The first-order valence-electron chi connectivity index (χ1n) is 3.67. The highest BCUT2D eigenvalue weighted by Crippen LogP contribution is 2.29. The van der Waals surface area contributed by atoms with Crippen LogP contribution in [0.2, 0.25) is 5.02 Å². The summed E-state index contributed by atoms with van der Waals surface area (Å²) in [6.45, 7) is 0. The molecule has 1 aliphatic rings. The number of hydrogen-bond acceptors (Lipinski definition) is 2. The summed E-state index contributed by atoms with van der Waals surface area (Å²) in [5.41, 5.74) is 1.08. The van der Waals surface area contributed by atoms with Crippen molar-refractivity contribution in [1.29, 1.82) is 0 Å². The van der Waals surface area contributed by atoms with Crippen molar-refractivity contribution < 1.29 is 0 Å². The van der Waals surface area contributed by atoms with Gasteiger partial charge in [0.1, 0.15) is 0 Å². The van der Waals surface area contributed by atoms with Gasteiger partial charge in [0.2, 0.25) is 0 Å². The minimum Gasteiger partial charge on any atom is -0.336 e. The molecule has 0 amide bonds. The fourth-order valence-electron chi connectivity index (χ4n) is 1.12. The molecule has 0 saturated carbocycles. The molecule has 0 spiro atoms. The van der Waals surface area contributed by atoms with Gasteiger partial charge in [-0.15, -0.1) is 11.8 Å². The van der Waals surface area contributed by atoms with Crippen LogP contribution in [0.25, 0.3) is 0 Å². The summed E-state index contributed by atoms with van der Waals surface area (Å²) >= 11 is 7.79. The van der Waals surface area contributed by atoms with Crippen molar-refractivity contribution in [2.45, 2.75) is 0 Å². The van der Waals surface area contributed by atoms with Crippen molar-refractivity contribution in [3.63, 3.8) is 0 Å². The molecule has 2 rings (SSSR count). The van der Waals surface area contributed by atoms with E-state index in [1.165, 1.54) is 0 Å². The van der Waals surface area contributed by atoms with Gasteiger partial charge in [0.15, 0.2) is 0 Å². The van der Waals surface area contributed by atoms with E-state index in [-0.39, 0.29) is 0 Å². The molecule has 12 heavy (non-hydrogen) atoms. The Labute approximate surface area is 81.0 Å². The van der Waals surface area contributed by atoms with E-state index in [9.17, 15) is 0 Å². The van der Waals surface area contributed by atoms with Crippen LogP contribution < -0.4 is 4.90 Å². The smallest absolute Gasteiger partial charge is 0.0724 e. The largest absolute Gasteiger partial charge is 0.336 e. The Morgan fingerprint density at radius 3 is 2.83 bits per heavy atom. The van der Waals surface area contributed by atoms with Gasteiger partial charge < -0.3 is 4.90 Å². The summed E-state index contributed by atoms with van der Waals surface area (Å²) in [6, 6.07) is 7.88. The first kappa shape index (κ1) is 8.02. The van der Waals surface area contributed by atoms with Gasteiger partial charge >= 0.3 is 0 Å². The van der Waals surface area contributed by atoms with Crippen molar-refractivity contribution in [1.82, 2.24) is 0 Å². The normalized spacial score (nSPS) is 15.6. The van der Waals surface area contributed by atoms with Crippen LogP contribution in [0.15, 0.2) is 35.9 Å². The third-order valence-corrected chi connectivity index (χ3v) is 2.77. The Kier molecular flexibility index (Phi) is 2.28. The van der Waals surface area contributed by atoms with E-state index in [0.29, 0.717) is 0 Å². The number of benzene rings is 1. The predicted octanol–water partition coefficient (Wildman–Crippen LogP) is 3.32. The van der Waals surface area contributed by atoms with Gasteiger partial charge in [-0.2, -0.15) is 0 Å². The van der Waals surface area contributed by atoms with E-state index in [1.807, 2.05) is 30.5 Å². The number of rotatable bonds is 1. The van der Waals surface area contributed by atoms with Crippen LogP contribution in [-0.4, -0.2) is 5.88 Å². The van der Waals surface area contributed by atoms with Gasteiger partial charge in [-0.1, -0.05) is 23.7 Å². The minimum atomic E-state index is 0.810. The molecule has 1 aromatic carbocycles. The van der Waals surface area contributed by atoms with Crippen molar-refractivity contribution in [2.75, 3.05) is 10.8 Å². The molecular weight excluding hydrogens is 190 g/mol. The summed E-state index contributed by atoms with van der Waals surface area (Å²) in [7, 11) is 0. The van der Waals surface area contributed by atoms with Crippen LogP contribution in [0.4, 0.5) is 5.69 Å². The second kappa shape index (κ2) is 3.42. The van der Waals surface area contributed by atoms with Gasteiger partial charge in [-0.05, 0) is 17.5 Å². The van der Waals surface area contributed by atoms with E-state index in [0.717, 1.165) is 16.6 Å². The molecule has 1 aliphatic heterocycles. The maximum atomic E-state index is 6.02. The number of hydrogen-bond donors (Lipinski definition) is 0. The SMILES string of the molecule is Clc1ccccc1N1C=CSC1. The van der Waals surface area contributed by atoms with Gasteiger partial charge in [0, 0.05) is 6.20 Å². The average Bonchev–Trinajstić information content (AvgIpc) is 2.57. The molecule has 1 aromatic rings. The van der Waals surface area contributed by atoms with Crippen molar-refractivity contribution >= 4 is 29.1 Å².